The van der Waals surface area contributed by atoms with Crippen LogP contribution >= 0.6 is 11.3 Å². The Morgan fingerprint density at radius 1 is 0.902 bits per heavy atom. The van der Waals surface area contributed by atoms with Gasteiger partial charge in [-0.15, -0.1) is 11.3 Å². The molecule has 1 aromatic heterocycles. The number of amides is 3. The molecule has 1 unspecified atom stereocenters. The largest absolute Gasteiger partial charge is 0.507 e. The maximum absolute atomic E-state index is 13.0. The maximum atomic E-state index is 13.0. The van der Waals surface area contributed by atoms with Crippen LogP contribution in [0.3, 0.4) is 0 Å². The molecule has 1 atom stereocenters. The smallest absolute Gasteiger partial charge is 0.322 e. The van der Waals surface area contributed by atoms with Crippen LogP contribution in [0, 0.1) is 0 Å². The van der Waals surface area contributed by atoms with Crippen LogP contribution in [0.2, 0.25) is 0 Å². The van der Waals surface area contributed by atoms with Crippen LogP contribution in [0.15, 0.2) is 42.5 Å². The van der Waals surface area contributed by atoms with Gasteiger partial charge in [0.25, 0.3) is 5.91 Å². The maximum Gasteiger partial charge on any atom is 0.322 e. The molecule has 0 saturated heterocycles. The highest BCUT2D eigenvalue weighted by Gasteiger charge is 2.27. The second kappa shape index (κ2) is 12.7. The van der Waals surface area contributed by atoms with Gasteiger partial charge < -0.3 is 26.2 Å². The van der Waals surface area contributed by atoms with Crippen LogP contribution in [0.1, 0.15) is 74.3 Å². The number of carbonyl (C=O) groups excluding carboxylic acids is 3. The summed E-state index contributed by atoms with van der Waals surface area (Å²) in [7, 11) is 0. The Hall–Kier alpha value is -3.92. The molecule has 5 N–H and O–H groups in total. The van der Waals surface area contributed by atoms with Crippen LogP contribution in [-0.4, -0.2) is 53.0 Å². The first-order valence-corrected chi connectivity index (χ1v) is 14.3. The highest BCUT2D eigenvalue weighted by atomic mass is 32.1. The van der Waals surface area contributed by atoms with E-state index in [0.29, 0.717) is 11.3 Å². The fraction of sp³-hybridized carbons (Fsp3) is 0.419. The van der Waals surface area contributed by atoms with Gasteiger partial charge >= 0.3 is 5.97 Å². The van der Waals surface area contributed by atoms with Gasteiger partial charge in [-0.3, -0.25) is 19.2 Å². The molecule has 3 aromatic rings. The number of phenols is 1. The number of hydrogen-bond donors (Lipinski definition) is 5. The number of carboxylic acid groups (broad SMARTS) is 1. The summed E-state index contributed by atoms with van der Waals surface area (Å²) in [6.45, 7) is 11.2. The van der Waals surface area contributed by atoms with Crippen LogP contribution in [0.5, 0.6) is 5.75 Å². The molecule has 41 heavy (non-hydrogen) atoms. The highest BCUT2D eigenvalue weighted by Crippen LogP contribution is 2.40. The van der Waals surface area contributed by atoms with E-state index >= 15 is 0 Å². The van der Waals surface area contributed by atoms with Gasteiger partial charge in [0.2, 0.25) is 11.8 Å². The molecule has 0 saturated carbocycles. The van der Waals surface area contributed by atoms with E-state index in [9.17, 15) is 24.3 Å². The first kappa shape index (κ1) is 31.6. The Morgan fingerprint density at radius 2 is 1.51 bits per heavy atom. The first-order chi connectivity index (χ1) is 19.1. The molecular weight excluding hydrogens is 542 g/mol. The molecule has 3 amide bonds. The molecular formula is C31H39N3O6S. The molecule has 0 radical (unpaired) electrons. The average molecular weight is 582 g/mol. The SMILES string of the molecule is CC(C)(C)c1cc(CCC(=O)NC(CNC(=O)c2cc3ccccc3s2)C(=O)NCC(=O)O)cc(C(C)(C)C)c1O. The van der Waals surface area contributed by atoms with E-state index in [1.165, 1.54) is 11.3 Å². The average Bonchev–Trinajstić information content (AvgIpc) is 3.32. The lowest BCUT2D eigenvalue weighted by Crippen LogP contribution is -2.53. The number of rotatable bonds is 10. The Kier molecular flexibility index (Phi) is 9.81. The summed E-state index contributed by atoms with van der Waals surface area (Å²) in [5.74, 6) is -2.52. The zero-order valence-corrected chi connectivity index (χ0v) is 25.2. The molecule has 9 nitrogen and oxygen atoms in total. The molecule has 0 aliphatic heterocycles. The molecule has 0 spiro atoms. The van der Waals surface area contributed by atoms with Gasteiger partial charge in [-0.2, -0.15) is 0 Å². The third kappa shape index (κ3) is 8.53. The Bertz CT molecular complexity index is 1380. The van der Waals surface area contributed by atoms with Crippen molar-refractivity contribution in [2.24, 2.45) is 0 Å². The minimum atomic E-state index is -1.23. The minimum Gasteiger partial charge on any atom is -0.507 e. The number of aromatic hydroxyl groups is 1. The van der Waals surface area contributed by atoms with Gasteiger partial charge in [-0.05, 0) is 51.5 Å². The minimum absolute atomic E-state index is 0.0465. The van der Waals surface area contributed by atoms with Gasteiger partial charge in [-0.1, -0.05) is 71.9 Å². The zero-order chi connectivity index (χ0) is 30.5. The van der Waals surface area contributed by atoms with Gasteiger partial charge in [0.15, 0.2) is 0 Å². The lowest BCUT2D eigenvalue weighted by Gasteiger charge is -2.28. The van der Waals surface area contributed by atoms with E-state index < -0.39 is 36.3 Å². The van der Waals surface area contributed by atoms with Crippen LogP contribution in [0.25, 0.3) is 10.1 Å². The number of aryl methyl sites for hydroxylation is 1. The molecule has 0 aliphatic carbocycles. The summed E-state index contributed by atoms with van der Waals surface area (Å²) in [6, 6.07) is 11.9. The molecule has 0 aliphatic rings. The van der Waals surface area contributed by atoms with Crippen molar-refractivity contribution in [1.82, 2.24) is 16.0 Å². The normalized spacial score (nSPS) is 12.5. The van der Waals surface area contributed by atoms with Gasteiger partial charge in [0.1, 0.15) is 18.3 Å². The second-order valence-corrected chi connectivity index (χ2v) is 13.2. The molecule has 10 heteroatoms. The standard InChI is InChI=1S/C31H39N3O6S/c1-30(2,3)20-13-18(14-21(27(20)38)31(4,5)6)11-12-25(35)34-22(28(39)33-17-26(36)37)16-32-29(40)24-15-19-9-7-8-10-23(19)41-24/h7-10,13-15,22,38H,11-12,16-17H2,1-6H3,(H,32,40)(H,33,39)(H,34,35)(H,36,37). The number of carboxylic acids is 1. The summed E-state index contributed by atoms with van der Waals surface area (Å²) in [5.41, 5.74) is 1.81. The topological polar surface area (TPSA) is 145 Å². The summed E-state index contributed by atoms with van der Waals surface area (Å²) in [6.07, 6.45) is 0.404. The molecule has 220 valence electrons. The number of aliphatic carboxylic acids is 1. The van der Waals surface area contributed by atoms with Crippen molar-refractivity contribution in [3.8, 4) is 5.75 Å². The number of nitrogens with one attached hydrogen (secondary N) is 3. The number of thiophene rings is 1. The Labute approximate surface area is 244 Å². The number of hydrogen-bond acceptors (Lipinski definition) is 6. The third-order valence-corrected chi connectivity index (χ3v) is 7.72. The van der Waals surface area contributed by atoms with Crippen LogP contribution in [0.4, 0.5) is 0 Å². The summed E-state index contributed by atoms with van der Waals surface area (Å²) >= 11 is 1.31. The third-order valence-electron chi connectivity index (χ3n) is 6.61. The molecule has 0 fully saturated rings. The van der Waals surface area contributed by atoms with Gasteiger partial charge in [0.05, 0.1) is 4.88 Å². The fourth-order valence-corrected chi connectivity index (χ4v) is 5.36. The zero-order valence-electron chi connectivity index (χ0n) is 24.4. The Balaban J connectivity index is 1.72. The monoisotopic (exact) mass is 581 g/mol. The lowest BCUT2D eigenvalue weighted by atomic mass is 9.78. The quantitative estimate of drug-likeness (QED) is 0.242. The number of benzene rings is 2. The van der Waals surface area contributed by atoms with Gasteiger partial charge in [0, 0.05) is 17.7 Å². The van der Waals surface area contributed by atoms with Crippen molar-refractivity contribution < 1.29 is 29.4 Å². The second-order valence-electron chi connectivity index (χ2n) is 12.1. The van der Waals surface area contributed by atoms with Gasteiger partial charge in [-0.25, -0.2) is 0 Å². The van der Waals surface area contributed by atoms with E-state index in [1.807, 2.05) is 77.9 Å². The molecule has 2 aromatic carbocycles. The summed E-state index contributed by atoms with van der Waals surface area (Å²) < 4.78 is 0.945. The number of carbonyl (C=O) groups is 4. The lowest BCUT2D eigenvalue weighted by molar-refractivity contribution is -0.138. The van der Waals surface area contributed by atoms with E-state index in [0.717, 1.165) is 26.8 Å². The first-order valence-electron chi connectivity index (χ1n) is 13.5. The Morgan fingerprint density at radius 3 is 2.07 bits per heavy atom. The van der Waals surface area contributed by atoms with E-state index in [4.69, 9.17) is 5.11 Å². The van der Waals surface area contributed by atoms with Crippen LogP contribution < -0.4 is 16.0 Å². The van der Waals surface area contributed by atoms with Crippen LogP contribution in [-0.2, 0) is 31.6 Å². The van der Waals surface area contributed by atoms with E-state index in [-0.39, 0.29) is 29.5 Å². The summed E-state index contributed by atoms with van der Waals surface area (Å²) in [4.78, 5) is 49.9. The molecule has 3 rings (SSSR count). The predicted octanol–water partition coefficient (Wildman–Crippen LogP) is 4.25. The highest BCUT2D eigenvalue weighted by molar-refractivity contribution is 7.20. The number of phenolic OH excluding ortho intramolecular Hbond substituents is 1. The van der Waals surface area contributed by atoms with Crippen molar-refractivity contribution in [2.75, 3.05) is 13.1 Å². The predicted molar refractivity (Wildman–Crippen MR) is 161 cm³/mol. The van der Waals surface area contributed by atoms with Crippen molar-refractivity contribution in [2.45, 2.75) is 71.3 Å². The fourth-order valence-electron chi connectivity index (χ4n) is 4.38. The van der Waals surface area contributed by atoms with Crippen molar-refractivity contribution in [1.29, 1.82) is 0 Å². The molecule has 0 bridgehead atoms. The summed E-state index contributed by atoms with van der Waals surface area (Å²) in [5, 5.41) is 28.4. The molecule has 1 heterocycles. The van der Waals surface area contributed by atoms with Crippen molar-refractivity contribution in [3.63, 3.8) is 0 Å². The number of fused-ring (bicyclic) bond motifs is 1. The van der Waals surface area contributed by atoms with E-state index in [1.54, 1.807) is 6.07 Å². The van der Waals surface area contributed by atoms with Crippen molar-refractivity contribution >= 4 is 45.1 Å². The van der Waals surface area contributed by atoms with E-state index in [2.05, 4.69) is 16.0 Å². The van der Waals surface area contributed by atoms with Crippen molar-refractivity contribution in [3.05, 3.63) is 64.0 Å².